The molecule has 1 fully saturated rings. The van der Waals surface area contributed by atoms with Gasteiger partial charge in [-0.3, -0.25) is 0 Å². The summed E-state index contributed by atoms with van der Waals surface area (Å²) in [6.45, 7) is 1.03. The molecule has 82 valence electrons. The molecule has 2 rings (SSSR count). The molecule has 1 aromatic carbocycles. The maximum Gasteiger partial charge on any atom is 0.0641 e. The molecule has 0 unspecified atom stereocenters. The van der Waals surface area contributed by atoms with E-state index in [2.05, 4.69) is 5.32 Å². The molecule has 4 heteroatoms. The topological polar surface area (TPSA) is 12.0 Å². The van der Waals surface area contributed by atoms with E-state index in [4.69, 9.17) is 34.8 Å². The van der Waals surface area contributed by atoms with E-state index in [1.807, 2.05) is 6.07 Å². The molecule has 1 atom stereocenters. The van der Waals surface area contributed by atoms with Gasteiger partial charge >= 0.3 is 0 Å². The van der Waals surface area contributed by atoms with Crippen LogP contribution in [0.15, 0.2) is 12.1 Å². The van der Waals surface area contributed by atoms with Gasteiger partial charge in [-0.25, -0.2) is 0 Å². The number of nitrogens with one attached hydrogen (secondary N) is 1. The molecule has 0 aliphatic carbocycles. The van der Waals surface area contributed by atoms with E-state index in [0.717, 1.165) is 18.5 Å². The van der Waals surface area contributed by atoms with Crippen molar-refractivity contribution in [2.75, 3.05) is 6.54 Å². The fraction of sp³-hybridized carbons (Fsp3) is 0.455. The van der Waals surface area contributed by atoms with E-state index in [0.29, 0.717) is 21.1 Å². The third kappa shape index (κ3) is 2.59. The fourth-order valence-electron chi connectivity index (χ4n) is 1.95. The van der Waals surface area contributed by atoms with Crippen molar-refractivity contribution in [2.24, 2.45) is 0 Å². The minimum absolute atomic E-state index is 0.294. The van der Waals surface area contributed by atoms with Gasteiger partial charge in [0.05, 0.1) is 10.0 Å². The Bertz CT molecular complexity index is 359. The minimum atomic E-state index is 0.294. The summed E-state index contributed by atoms with van der Waals surface area (Å²) in [6, 6.07) is 3.87. The Kier molecular flexibility index (Phi) is 3.78. The predicted octanol–water partition coefficient (Wildman–Crippen LogP) is 4.46. The second kappa shape index (κ2) is 4.92. The zero-order valence-electron chi connectivity index (χ0n) is 8.19. The molecule has 1 heterocycles. The van der Waals surface area contributed by atoms with Gasteiger partial charge in [-0.05, 0) is 37.1 Å². The molecule has 0 amide bonds. The van der Waals surface area contributed by atoms with Crippen LogP contribution in [0.1, 0.15) is 30.9 Å². The Hall–Kier alpha value is 0.0500. The quantitative estimate of drug-likeness (QED) is 0.738. The molecule has 1 aromatic rings. The fourth-order valence-corrected chi connectivity index (χ4v) is 2.70. The molecular formula is C11H12Cl3N. The molecule has 0 radical (unpaired) electrons. The average Bonchev–Trinajstić information content (AvgIpc) is 2.24. The lowest BCUT2D eigenvalue weighted by molar-refractivity contribution is 0.412. The first kappa shape index (κ1) is 11.5. The third-order valence-corrected chi connectivity index (χ3v) is 3.74. The summed E-state index contributed by atoms with van der Waals surface area (Å²) in [5.74, 6) is 0. The van der Waals surface area contributed by atoms with Gasteiger partial charge in [-0.1, -0.05) is 41.2 Å². The Morgan fingerprint density at radius 1 is 1.13 bits per heavy atom. The van der Waals surface area contributed by atoms with Crippen LogP contribution < -0.4 is 5.32 Å². The molecule has 1 N–H and O–H groups in total. The van der Waals surface area contributed by atoms with Gasteiger partial charge in [0.15, 0.2) is 0 Å². The molecule has 1 aliphatic heterocycles. The third-order valence-electron chi connectivity index (χ3n) is 2.71. The van der Waals surface area contributed by atoms with E-state index in [9.17, 15) is 0 Å². The highest BCUT2D eigenvalue weighted by Gasteiger charge is 2.19. The Morgan fingerprint density at radius 2 is 1.93 bits per heavy atom. The van der Waals surface area contributed by atoms with Crippen LogP contribution >= 0.6 is 34.8 Å². The maximum absolute atomic E-state index is 6.17. The van der Waals surface area contributed by atoms with Crippen LogP contribution in [-0.4, -0.2) is 6.54 Å². The molecule has 1 aliphatic rings. The zero-order chi connectivity index (χ0) is 10.8. The van der Waals surface area contributed by atoms with Crippen molar-refractivity contribution in [3.63, 3.8) is 0 Å². The van der Waals surface area contributed by atoms with E-state index >= 15 is 0 Å². The van der Waals surface area contributed by atoms with Gasteiger partial charge in [-0.2, -0.15) is 0 Å². The van der Waals surface area contributed by atoms with Gasteiger partial charge < -0.3 is 5.32 Å². The largest absolute Gasteiger partial charge is 0.310 e. The summed E-state index contributed by atoms with van der Waals surface area (Å²) in [4.78, 5) is 0. The lowest BCUT2D eigenvalue weighted by Crippen LogP contribution is -2.27. The van der Waals surface area contributed by atoms with E-state index in [1.54, 1.807) is 6.07 Å². The second-order valence-corrected chi connectivity index (χ2v) is 5.01. The molecule has 0 saturated carbocycles. The summed E-state index contributed by atoms with van der Waals surface area (Å²) < 4.78 is 0. The molecule has 1 nitrogen and oxygen atoms in total. The molecule has 1 saturated heterocycles. The number of rotatable bonds is 1. The molecule has 15 heavy (non-hydrogen) atoms. The molecule has 0 aromatic heterocycles. The van der Waals surface area contributed by atoms with Crippen molar-refractivity contribution in [1.29, 1.82) is 0 Å². The normalized spacial score (nSPS) is 21.7. The predicted molar refractivity (Wildman–Crippen MR) is 66.1 cm³/mol. The van der Waals surface area contributed by atoms with Gasteiger partial charge in [0.25, 0.3) is 0 Å². The highest BCUT2D eigenvalue weighted by atomic mass is 35.5. The average molecular weight is 265 g/mol. The monoisotopic (exact) mass is 263 g/mol. The summed E-state index contributed by atoms with van der Waals surface area (Å²) in [5.41, 5.74) is 1.02. The van der Waals surface area contributed by atoms with Crippen molar-refractivity contribution in [1.82, 2.24) is 5.32 Å². The van der Waals surface area contributed by atoms with Crippen molar-refractivity contribution >= 4 is 34.8 Å². The second-order valence-electron chi connectivity index (χ2n) is 3.79. The first-order chi connectivity index (χ1) is 7.18. The van der Waals surface area contributed by atoms with Gasteiger partial charge in [0, 0.05) is 11.1 Å². The Morgan fingerprint density at radius 3 is 2.60 bits per heavy atom. The van der Waals surface area contributed by atoms with Gasteiger partial charge in [0.1, 0.15) is 0 Å². The SMILES string of the molecule is Clc1cc(Cl)c(Cl)c([C@H]2CCCCN2)c1. The van der Waals surface area contributed by atoms with Crippen LogP contribution in [0.2, 0.25) is 15.1 Å². The Labute approximate surface area is 105 Å². The number of benzene rings is 1. The van der Waals surface area contributed by atoms with E-state index in [1.165, 1.54) is 12.8 Å². The van der Waals surface area contributed by atoms with E-state index in [-0.39, 0.29) is 0 Å². The maximum atomic E-state index is 6.17. The van der Waals surface area contributed by atoms with Gasteiger partial charge in [-0.15, -0.1) is 0 Å². The van der Waals surface area contributed by atoms with Crippen molar-refractivity contribution in [2.45, 2.75) is 25.3 Å². The molecule has 0 bridgehead atoms. The van der Waals surface area contributed by atoms with Crippen molar-refractivity contribution in [3.8, 4) is 0 Å². The van der Waals surface area contributed by atoms with Crippen LogP contribution in [0.25, 0.3) is 0 Å². The van der Waals surface area contributed by atoms with Crippen molar-refractivity contribution in [3.05, 3.63) is 32.8 Å². The summed E-state index contributed by atoms with van der Waals surface area (Å²) >= 11 is 18.1. The number of hydrogen-bond donors (Lipinski definition) is 1. The minimum Gasteiger partial charge on any atom is -0.310 e. The van der Waals surface area contributed by atoms with E-state index < -0.39 is 0 Å². The van der Waals surface area contributed by atoms with Crippen LogP contribution in [-0.2, 0) is 0 Å². The first-order valence-electron chi connectivity index (χ1n) is 5.06. The smallest absolute Gasteiger partial charge is 0.0641 e. The summed E-state index contributed by atoms with van der Waals surface area (Å²) in [7, 11) is 0. The number of piperidine rings is 1. The zero-order valence-corrected chi connectivity index (χ0v) is 10.5. The lowest BCUT2D eigenvalue weighted by atomic mass is 9.97. The lowest BCUT2D eigenvalue weighted by Gasteiger charge is -2.25. The van der Waals surface area contributed by atoms with Crippen LogP contribution in [0.4, 0.5) is 0 Å². The standard InChI is InChI=1S/C11H12Cl3N/c12-7-5-8(11(14)9(13)6-7)10-3-1-2-4-15-10/h5-6,10,15H,1-4H2/t10-/m1/s1. The molecular weight excluding hydrogens is 252 g/mol. The summed E-state index contributed by atoms with van der Waals surface area (Å²) in [5, 5.41) is 5.23. The van der Waals surface area contributed by atoms with Crippen LogP contribution in [0.5, 0.6) is 0 Å². The van der Waals surface area contributed by atoms with Crippen LogP contribution in [0.3, 0.4) is 0 Å². The van der Waals surface area contributed by atoms with Gasteiger partial charge in [0.2, 0.25) is 0 Å². The van der Waals surface area contributed by atoms with Crippen LogP contribution in [0, 0.1) is 0 Å². The highest BCUT2D eigenvalue weighted by Crippen LogP contribution is 2.35. The number of halogens is 3. The first-order valence-corrected chi connectivity index (χ1v) is 6.19. The number of hydrogen-bond acceptors (Lipinski definition) is 1. The highest BCUT2D eigenvalue weighted by molar-refractivity contribution is 6.43. The molecule has 0 spiro atoms. The van der Waals surface area contributed by atoms with Crippen molar-refractivity contribution < 1.29 is 0 Å². The summed E-state index contributed by atoms with van der Waals surface area (Å²) in [6.07, 6.45) is 3.54. The Balaban J connectivity index is 2.33.